The Morgan fingerprint density at radius 2 is 2.17 bits per heavy atom. The fourth-order valence-electron chi connectivity index (χ4n) is 2.24. The number of hydrogen-bond acceptors (Lipinski definition) is 3. The fraction of sp³-hybridized carbons (Fsp3) is 0.417. The summed E-state index contributed by atoms with van der Waals surface area (Å²) in [5.41, 5.74) is 2.27. The molecule has 18 heavy (non-hydrogen) atoms. The highest BCUT2D eigenvalue weighted by atomic mass is 35.5. The van der Waals surface area contributed by atoms with Gasteiger partial charge in [-0.3, -0.25) is 5.10 Å². The largest absolute Gasteiger partial charge is 0.381 e. The molecule has 4 nitrogen and oxygen atoms in total. The molecule has 0 radical (unpaired) electrons. The van der Waals surface area contributed by atoms with Crippen molar-refractivity contribution in [2.45, 2.75) is 18.9 Å². The van der Waals surface area contributed by atoms with E-state index in [4.69, 9.17) is 0 Å². The molecule has 0 aliphatic carbocycles. The maximum atomic E-state index is 4.02. The number of halogens is 2. The summed E-state index contributed by atoms with van der Waals surface area (Å²) >= 11 is 0. The van der Waals surface area contributed by atoms with E-state index in [2.05, 4.69) is 39.0 Å². The first-order valence-electron chi connectivity index (χ1n) is 5.82. The Bertz CT molecular complexity index is 480. The third-order valence-electron chi connectivity index (χ3n) is 3.11. The first-order valence-corrected chi connectivity index (χ1v) is 5.82. The van der Waals surface area contributed by atoms with Crippen LogP contribution in [0.25, 0.3) is 10.9 Å². The third-order valence-corrected chi connectivity index (χ3v) is 3.11. The normalized spacial score (nSPS) is 18.8. The average Bonchev–Trinajstić information content (AvgIpc) is 2.77. The summed E-state index contributed by atoms with van der Waals surface area (Å²) in [5.74, 6) is 0. The Morgan fingerprint density at radius 3 is 2.94 bits per heavy atom. The molecule has 1 saturated heterocycles. The van der Waals surface area contributed by atoms with Crippen molar-refractivity contribution >= 4 is 41.4 Å². The highest BCUT2D eigenvalue weighted by molar-refractivity contribution is 5.85. The molecule has 100 valence electrons. The minimum absolute atomic E-state index is 0. The summed E-state index contributed by atoms with van der Waals surface area (Å²) < 4.78 is 0. The minimum Gasteiger partial charge on any atom is -0.381 e. The van der Waals surface area contributed by atoms with Crippen molar-refractivity contribution in [2.75, 3.05) is 18.4 Å². The van der Waals surface area contributed by atoms with Gasteiger partial charge in [0.15, 0.2) is 0 Å². The van der Waals surface area contributed by atoms with Crippen molar-refractivity contribution < 1.29 is 0 Å². The molecule has 0 bridgehead atoms. The number of rotatable bonds is 2. The predicted octanol–water partition coefficient (Wildman–Crippen LogP) is 2.57. The van der Waals surface area contributed by atoms with Crippen molar-refractivity contribution in [3.05, 3.63) is 24.4 Å². The lowest BCUT2D eigenvalue weighted by Gasteiger charge is -2.24. The topological polar surface area (TPSA) is 52.7 Å². The molecule has 2 heterocycles. The number of benzene rings is 1. The van der Waals surface area contributed by atoms with Gasteiger partial charge in [-0.15, -0.1) is 24.8 Å². The van der Waals surface area contributed by atoms with Gasteiger partial charge in [0.05, 0.1) is 11.7 Å². The molecule has 1 aromatic heterocycles. The second kappa shape index (κ2) is 6.83. The molecule has 1 aliphatic heterocycles. The van der Waals surface area contributed by atoms with Gasteiger partial charge in [0.25, 0.3) is 0 Å². The lowest BCUT2D eigenvalue weighted by atomic mass is 10.1. The summed E-state index contributed by atoms with van der Waals surface area (Å²) in [6.07, 6.45) is 4.36. The molecule has 1 fully saturated rings. The number of hydrogen-bond donors (Lipinski definition) is 3. The number of nitrogens with zero attached hydrogens (tertiary/aromatic N) is 1. The summed E-state index contributed by atoms with van der Waals surface area (Å²) in [6, 6.07) is 6.88. The lowest BCUT2D eigenvalue weighted by Crippen LogP contribution is -2.38. The van der Waals surface area contributed by atoms with Crippen LogP contribution in [0, 0.1) is 0 Å². The van der Waals surface area contributed by atoms with Gasteiger partial charge in [0.2, 0.25) is 0 Å². The number of H-pyrrole nitrogens is 1. The van der Waals surface area contributed by atoms with Gasteiger partial charge in [-0.2, -0.15) is 5.10 Å². The maximum Gasteiger partial charge on any atom is 0.0651 e. The van der Waals surface area contributed by atoms with Crippen LogP contribution in [0.15, 0.2) is 24.4 Å². The Labute approximate surface area is 119 Å². The van der Waals surface area contributed by atoms with Crippen LogP contribution < -0.4 is 10.6 Å². The first kappa shape index (κ1) is 15.1. The number of nitrogens with one attached hydrogen (secondary N) is 3. The number of aromatic amines is 1. The van der Waals surface area contributed by atoms with Crippen LogP contribution in [0.2, 0.25) is 0 Å². The molecule has 1 atom stereocenters. The van der Waals surface area contributed by atoms with Crippen LogP contribution in [-0.4, -0.2) is 29.3 Å². The Hall–Kier alpha value is -0.970. The van der Waals surface area contributed by atoms with Crippen molar-refractivity contribution in [1.29, 1.82) is 0 Å². The van der Waals surface area contributed by atoms with E-state index in [1.165, 1.54) is 18.5 Å². The maximum absolute atomic E-state index is 4.02. The highest BCUT2D eigenvalue weighted by Crippen LogP contribution is 2.18. The van der Waals surface area contributed by atoms with E-state index >= 15 is 0 Å². The molecule has 6 heteroatoms. The number of anilines is 1. The molecule has 1 aliphatic rings. The number of aromatic nitrogens is 2. The molecular formula is C12H18Cl2N4. The van der Waals surface area contributed by atoms with Crippen LogP contribution in [0.3, 0.4) is 0 Å². The predicted molar refractivity (Wildman–Crippen MR) is 80.1 cm³/mol. The first-order chi connectivity index (χ1) is 7.92. The van der Waals surface area contributed by atoms with E-state index in [0.717, 1.165) is 24.0 Å². The van der Waals surface area contributed by atoms with E-state index < -0.39 is 0 Å². The minimum atomic E-state index is 0. The molecule has 2 aromatic rings. The standard InChI is InChI=1S/C12H16N4.2ClH/c1-2-11(8-13-5-1)15-10-3-4-12-9(6-10)7-14-16-12;;/h3-4,6-7,11,13,15H,1-2,5,8H2,(H,14,16);2*1H/t11-;;/m0../s1. The Kier molecular flexibility index (Phi) is 5.72. The second-order valence-electron chi connectivity index (χ2n) is 4.36. The SMILES string of the molecule is Cl.Cl.c1cc2[nH]ncc2cc1N[C@H]1CCCNC1. The molecule has 3 rings (SSSR count). The van der Waals surface area contributed by atoms with Gasteiger partial charge in [-0.1, -0.05) is 0 Å². The number of piperidine rings is 1. The molecule has 1 aromatic carbocycles. The van der Waals surface area contributed by atoms with Gasteiger partial charge < -0.3 is 10.6 Å². The summed E-state index contributed by atoms with van der Waals surface area (Å²) in [6.45, 7) is 2.21. The second-order valence-corrected chi connectivity index (χ2v) is 4.36. The van der Waals surface area contributed by atoms with Gasteiger partial charge in [0.1, 0.15) is 0 Å². The Balaban J connectivity index is 0.000000810. The average molecular weight is 289 g/mol. The van der Waals surface area contributed by atoms with E-state index in [-0.39, 0.29) is 24.8 Å². The fourth-order valence-corrected chi connectivity index (χ4v) is 2.24. The van der Waals surface area contributed by atoms with Gasteiger partial charge in [0, 0.05) is 23.7 Å². The van der Waals surface area contributed by atoms with Gasteiger partial charge in [-0.25, -0.2) is 0 Å². The molecule has 3 N–H and O–H groups in total. The summed E-state index contributed by atoms with van der Waals surface area (Å²) in [7, 11) is 0. The van der Waals surface area contributed by atoms with Crippen molar-refractivity contribution in [3.8, 4) is 0 Å². The van der Waals surface area contributed by atoms with E-state index in [0.29, 0.717) is 6.04 Å². The van der Waals surface area contributed by atoms with Crippen molar-refractivity contribution in [1.82, 2.24) is 15.5 Å². The number of fused-ring (bicyclic) bond motifs is 1. The lowest BCUT2D eigenvalue weighted by molar-refractivity contribution is 0.480. The van der Waals surface area contributed by atoms with Crippen LogP contribution in [0.4, 0.5) is 5.69 Å². The highest BCUT2D eigenvalue weighted by Gasteiger charge is 2.12. The van der Waals surface area contributed by atoms with Crippen LogP contribution in [0.5, 0.6) is 0 Å². The zero-order valence-electron chi connectivity index (χ0n) is 9.98. The van der Waals surface area contributed by atoms with Gasteiger partial charge >= 0.3 is 0 Å². The third kappa shape index (κ3) is 3.28. The Morgan fingerprint density at radius 1 is 1.28 bits per heavy atom. The molecule has 0 saturated carbocycles. The van der Waals surface area contributed by atoms with Gasteiger partial charge in [-0.05, 0) is 37.6 Å². The van der Waals surface area contributed by atoms with Crippen LogP contribution in [0.1, 0.15) is 12.8 Å². The molecular weight excluding hydrogens is 271 g/mol. The quantitative estimate of drug-likeness (QED) is 0.796. The molecule has 0 spiro atoms. The van der Waals surface area contributed by atoms with E-state index in [1.54, 1.807) is 0 Å². The molecule has 0 unspecified atom stereocenters. The monoisotopic (exact) mass is 288 g/mol. The summed E-state index contributed by atoms with van der Waals surface area (Å²) in [5, 5.41) is 15.1. The van der Waals surface area contributed by atoms with Crippen LogP contribution in [-0.2, 0) is 0 Å². The zero-order valence-corrected chi connectivity index (χ0v) is 11.6. The van der Waals surface area contributed by atoms with Crippen molar-refractivity contribution in [3.63, 3.8) is 0 Å². The smallest absolute Gasteiger partial charge is 0.0651 e. The zero-order chi connectivity index (χ0) is 10.8. The summed E-state index contributed by atoms with van der Waals surface area (Å²) in [4.78, 5) is 0. The van der Waals surface area contributed by atoms with Crippen molar-refractivity contribution in [2.24, 2.45) is 0 Å². The van der Waals surface area contributed by atoms with Crippen LogP contribution >= 0.6 is 24.8 Å². The molecule has 0 amide bonds. The van der Waals surface area contributed by atoms with E-state index in [1.807, 2.05) is 6.20 Å². The van der Waals surface area contributed by atoms with E-state index in [9.17, 15) is 0 Å².